The summed E-state index contributed by atoms with van der Waals surface area (Å²) in [4.78, 5) is 23.7. The number of hydrogen-bond donors (Lipinski definition) is 2. The van der Waals surface area contributed by atoms with Crippen molar-refractivity contribution >= 4 is 23.2 Å². The lowest BCUT2D eigenvalue weighted by atomic mass is 10.2. The summed E-state index contributed by atoms with van der Waals surface area (Å²) in [6.45, 7) is -0.190. The summed E-state index contributed by atoms with van der Waals surface area (Å²) in [6.07, 6.45) is 1.87. The zero-order valence-corrected chi connectivity index (χ0v) is 12.9. The summed E-state index contributed by atoms with van der Waals surface area (Å²) in [5.41, 5.74) is 1.21. The molecule has 0 radical (unpaired) electrons. The van der Waals surface area contributed by atoms with E-state index in [2.05, 4.69) is 10.6 Å². The van der Waals surface area contributed by atoms with E-state index in [0.717, 1.165) is 12.8 Å². The van der Waals surface area contributed by atoms with Crippen molar-refractivity contribution in [2.75, 3.05) is 17.2 Å². The van der Waals surface area contributed by atoms with Crippen LogP contribution in [0.1, 0.15) is 12.8 Å². The molecule has 24 heavy (non-hydrogen) atoms. The van der Waals surface area contributed by atoms with Crippen LogP contribution in [0.25, 0.3) is 0 Å². The second-order valence-corrected chi connectivity index (χ2v) is 5.64. The van der Waals surface area contributed by atoms with Crippen LogP contribution in [0.15, 0.2) is 48.5 Å². The van der Waals surface area contributed by atoms with Crippen LogP contribution in [0.5, 0.6) is 5.75 Å². The Bertz CT molecular complexity index is 742. The van der Waals surface area contributed by atoms with Gasteiger partial charge in [-0.2, -0.15) is 0 Å². The van der Waals surface area contributed by atoms with Gasteiger partial charge in [-0.25, -0.2) is 4.39 Å². The fourth-order valence-electron chi connectivity index (χ4n) is 2.14. The van der Waals surface area contributed by atoms with E-state index in [1.807, 2.05) is 0 Å². The highest BCUT2D eigenvalue weighted by molar-refractivity contribution is 5.96. The smallest absolute Gasteiger partial charge is 0.262 e. The number of nitrogens with one attached hydrogen (secondary N) is 2. The van der Waals surface area contributed by atoms with E-state index in [0.29, 0.717) is 17.1 Å². The van der Waals surface area contributed by atoms with Crippen LogP contribution in [0.2, 0.25) is 0 Å². The SMILES string of the molecule is O=C(COc1ccc(F)cc1)Nc1cccc(NC(=O)C2CC2)c1. The van der Waals surface area contributed by atoms with Crippen molar-refractivity contribution in [2.24, 2.45) is 5.92 Å². The average Bonchev–Trinajstić information content (AvgIpc) is 3.40. The van der Waals surface area contributed by atoms with Gasteiger partial charge in [0.05, 0.1) is 0 Å². The van der Waals surface area contributed by atoms with Gasteiger partial charge in [0.2, 0.25) is 5.91 Å². The first-order valence-corrected chi connectivity index (χ1v) is 7.69. The van der Waals surface area contributed by atoms with E-state index >= 15 is 0 Å². The van der Waals surface area contributed by atoms with Crippen LogP contribution in [-0.4, -0.2) is 18.4 Å². The van der Waals surface area contributed by atoms with Gasteiger partial charge in [-0.3, -0.25) is 9.59 Å². The molecular weight excluding hydrogens is 311 g/mol. The van der Waals surface area contributed by atoms with E-state index in [9.17, 15) is 14.0 Å². The highest BCUT2D eigenvalue weighted by atomic mass is 19.1. The van der Waals surface area contributed by atoms with E-state index in [4.69, 9.17) is 4.74 Å². The largest absolute Gasteiger partial charge is 0.484 e. The van der Waals surface area contributed by atoms with Crippen molar-refractivity contribution in [3.8, 4) is 5.75 Å². The topological polar surface area (TPSA) is 67.4 Å². The number of rotatable bonds is 6. The van der Waals surface area contributed by atoms with E-state index < -0.39 is 0 Å². The molecule has 2 amide bonds. The second kappa shape index (κ2) is 7.12. The van der Waals surface area contributed by atoms with Gasteiger partial charge in [-0.15, -0.1) is 0 Å². The van der Waals surface area contributed by atoms with Crippen LogP contribution < -0.4 is 15.4 Å². The molecule has 2 aromatic rings. The molecule has 0 aromatic heterocycles. The number of halogens is 1. The summed E-state index contributed by atoms with van der Waals surface area (Å²) in [5.74, 6) is -0.163. The molecule has 1 aliphatic carbocycles. The molecule has 2 aromatic carbocycles. The van der Waals surface area contributed by atoms with Gasteiger partial charge in [0.1, 0.15) is 11.6 Å². The minimum absolute atomic E-state index is 0.0121. The zero-order chi connectivity index (χ0) is 16.9. The number of carbonyl (C=O) groups is 2. The summed E-state index contributed by atoms with van der Waals surface area (Å²) < 4.78 is 18.1. The van der Waals surface area contributed by atoms with Crippen LogP contribution in [-0.2, 0) is 9.59 Å². The minimum Gasteiger partial charge on any atom is -0.484 e. The molecule has 0 heterocycles. The Morgan fingerprint density at radius 2 is 1.71 bits per heavy atom. The number of anilines is 2. The highest BCUT2D eigenvalue weighted by Crippen LogP contribution is 2.30. The lowest BCUT2D eigenvalue weighted by Gasteiger charge is -2.09. The van der Waals surface area contributed by atoms with Gasteiger partial charge in [-0.05, 0) is 55.3 Å². The van der Waals surface area contributed by atoms with Crippen molar-refractivity contribution in [3.63, 3.8) is 0 Å². The maximum Gasteiger partial charge on any atom is 0.262 e. The average molecular weight is 328 g/mol. The third kappa shape index (κ3) is 4.55. The van der Waals surface area contributed by atoms with Crippen molar-refractivity contribution in [2.45, 2.75) is 12.8 Å². The fourth-order valence-corrected chi connectivity index (χ4v) is 2.14. The minimum atomic E-state index is -0.364. The molecule has 0 unspecified atom stereocenters. The van der Waals surface area contributed by atoms with Crippen LogP contribution in [0, 0.1) is 11.7 Å². The summed E-state index contributed by atoms with van der Waals surface area (Å²) in [6, 6.07) is 12.4. The molecule has 0 bridgehead atoms. The van der Waals surface area contributed by atoms with Crippen LogP contribution in [0.3, 0.4) is 0 Å². The molecule has 6 heteroatoms. The number of hydrogen-bond acceptors (Lipinski definition) is 3. The normalized spacial score (nSPS) is 13.2. The molecule has 2 N–H and O–H groups in total. The standard InChI is InChI=1S/C18H17FN2O3/c19-13-6-8-16(9-7-13)24-11-17(22)20-14-2-1-3-15(10-14)21-18(23)12-4-5-12/h1-3,6-10,12H,4-5,11H2,(H,20,22)(H,21,23). The monoisotopic (exact) mass is 328 g/mol. The first-order chi connectivity index (χ1) is 11.6. The molecule has 0 saturated heterocycles. The first-order valence-electron chi connectivity index (χ1n) is 7.69. The molecule has 1 aliphatic rings. The molecule has 124 valence electrons. The first kappa shape index (κ1) is 16.0. The quantitative estimate of drug-likeness (QED) is 0.856. The molecule has 1 saturated carbocycles. The van der Waals surface area contributed by atoms with Gasteiger partial charge < -0.3 is 15.4 Å². The van der Waals surface area contributed by atoms with Crippen molar-refractivity contribution in [1.82, 2.24) is 0 Å². The van der Waals surface area contributed by atoms with Crippen molar-refractivity contribution < 1.29 is 18.7 Å². The van der Waals surface area contributed by atoms with Gasteiger partial charge in [0.25, 0.3) is 5.91 Å². The number of amides is 2. The summed E-state index contributed by atoms with van der Waals surface area (Å²) in [7, 11) is 0. The third-order valence-electron chi connectivity index (χ3n) is 3.55. The van der Waals surface area contributed by atoms with Crippen molar-refractivity contribution in [1.29, 1.82) is 0 Å². The Hall–Kier alpha value is -2.89. The van der Waals surface area contributed by atoms with E-state index in [-0.39, 0.29) is 30.2 Å². The predicted octanol–water partition coefficient (Wildman–Crippen LogP) is 3.19. The Labute approximate surface area is 138 Å². The van der Waals surface area contributed by atoms with Crippen LogP contribution in [0.4, 0.5) is 15.8 Å². The molecule has 0 aliphatic heterocycles. The maximum absolute atomic E-state index is 12.8. The van der Waals surface area contributed by atoms with Gasteiger partial charge in [0.15, 0.2) is 6.61 Å². The Morgan fingerprint density at radius 1 is 1.04 bits per heavy atom. The molecule has 0 atom stereocenters. The van der Waals surface area contributed by atoms with Gasteiger partial charge in [0, 0.05) is 17.3 Å². The Kier molecular flexibility index (Phi) is 4.74. The van der Waals surface area contributed by atoms with Gasteiger partial charge >= 0.3 is 0 Å². The summed E-state index contributed by atoms with van der Waals surface area (Å²) >= 11 is 0. The second-order valence-electron chi connectivity index (χ2n) is 5.64. The fraction of sp³-hybridized carbons (Fsp3) is 0.222. The van der Waals surface area contributed by atoms with Gasteiger partial charge in [-0.1, -0.05) is 6.07 Å². The molecule has 5 nitrogen and oxygen atoms in total. The van der Waals surface area contributed by atoms with Crippen LogP contribution >= 0.6 is 0 Å². The number of carbonyl (C=O) groups excluding carboxylic acids is 2. The zero-order valence-electron chi connectivity index (χ0n) is 12.9. The predicted molar refractivity (Wildman–Crippen MR) is 88.3 cm³/mol. The lowest BCUT2D eigenvalue weighted by Crippen LogP contribution is -2.20. The Morgan fingerprint density at radius 3 is 2.38 bits per heavy atom. The van der Waals surface area contributed by atoms with Crippen molar-refractivity contribution in [3.05, 3.63) is 54.3 Å². The van der Waals surface area contributed by atoms with E-state index in [1.165, 1.54) is 24.3 Å². The summed E-state index contributed by atoms with van der Waals surface area (Å²) in [5, 5.41) is 5.52. The molecule has 0 spiro atoms. The molecule has 1 fully saturated rings. The molecule has 3 rings (SSSR count). The number of benzene rings is 2. The van der Waals surface area contributed by atoms with E-state index in [1.54, 1.807) is 24.3 Å². The molecular formula is C18H17FN2O3. The maximum atomic E-state index is 12.8. The Balaban J connectivity index is 1.51. The highest BCUT2D eigenvalue weighted by Gasteiger charge is 2.29. The third-order valence-corrected chi connectivity index (χ3v) is 3.55. The lowest BCUT2D eigenvalue weighted by molar-refractivity contribution is -0.118. The number of ether oxygens (including phenoxy) is 1.